The summed E-state index contributed by atoms with van der Waals surface area (Å²) in [5.74, 6) is -0.415. The maximum atomic E-state index is 14.0. The van der Waals surface area contributed by atoms with Crippen LogP contribution in [0.25, 0.3) is 0 Å². The van der Waals surface area contributed by atoms with Gasteiger partial charge in [-0.3, -0.25) is 9.78 Å². The highest BCUT2D eigenvalue weighted by Gasteiger charge is 2.57. The average Bonchev–Trinajstić information content (AvgIpc) is 3.41. The second kappa shape index (κ2) is 9.28. The van der Waals surface area contributed by atoms with E-state index in [0.29, 0.717) is 50.3 Å². The molecule has 1 aromatic heterocycles. The lowest BCUT2D eigenvalue weighted by Crippen LogP contribution is -2.61. The molecule has 7 nitrogen and oxygen atoms in total. The summed E-state index contributed by atoms with van der Waals surface area (Å²) in [7, 11) is 3.29. The molecule has 3 heterocycles. The third-order valence-corrected chi connectivity index (χ3v) is 8.75. The number of aromatic nitrogens is 1. The number of methoxy groups -OCH3 is 2. The van der Waals surface area contributed by atoms with Gasteiger partial charge in [-0.2, -0.15) is 13.2 Å². The summed E-state index contributed by atoms with van der Waals surface area (Å²) in [5.41, 5.74) is -0.0755. The van der Waals surface area contributed by atoms with Crippen LogP contribution in [-0.2, 0) is 38.1 Å². The number of hydrogen-bond acceptors (Lipinski definition) is 6. The predicted octanol–water partition coefficient (Wildman–Crippen LogP) is 3.30. The zero-order chi connectivity index (χ0) is 24.8. The van der Waals surface area contributed by atoms with Crippen LogP contribution in [0.3, 0.4) is 0 Å². The van der Waals surface area contributed by atoms with Gasteiger partial charge in [-0.05, 0) is 43.2 Å². The number of alkyl halides is 3. The molecule has 4 atom stereocenters. The highest BCUT2D eigenvalue weighted by molar-refractivity contribution is 5.84. The molecule has 0 spiro atoms. The lowest BCUT2D eigenvalue weighted by Gasteiger charge is -2.43. The van der Waals surface area contributed by atoms with Gasteiger partial charge in [0.15, 0.2) is 5.79 Å². The third-order valence-electron chi connectivity index (χ3n) is 8.75. The lowest BCUT2D eigenvalue weighted by molar-refractivity contribution is -0.260. The van der Waals surface area contributed by atoms with Gasteiger partial charge in [-0.25, -0.2) is 0 Å². The van der Waals surface area contributed by atoms with E-state index in [9.17, 15) is 18.0 Å². The second-order valence-corrected chi connectivity index (χ2v) is 10.5. The largest absolute Gasteiger partial charge is 0.417 e. The Kier molecular flexibility index (Phi) is 6.61. The van der Waals surface area contributed by atoms with Crippen LogP contribution in [0.4, 0.5) is 13.2 Å². The second-order valence-electron chi connectivity index (χ2n) is 10.5. The standard InChI is InChI=1S/C25H34F3N3O4/c1-33-24(34-2)7-9-35-15-21(24)30-19-11-17-4-3-6-23(17,12-19)22(32)31-8-5-20-16(14-31)10-18(13-29-20)25(26,27)28/h10,13,17,19,21,30H,3-9,11-12,14-15H2,1-2H3/t17-,19-,21-,23-/m1/s1. The van der Waals surface area contributed by atoms with E-state index in [1.54, 1.807) is 19.1 Å². The number of ether oxygens (including phenoxy) is 3. The Hall–Kier alpha value is -1.75. The number of hydrogen-bond donors (Lipinski definition) is 1. The third kappa shape index (κ3) is 4.36. The van der Waals surface area contributed by atoms with Gasteiger partial charge in [-0.1, -0.05) is 6.42 Å². The SMILES string of the molecule is COC1(OC)CCOC[C@H]1N[C@@H]1C[C@H]2CCC[C@@]2(C(=O)N2CCc3ncc(C(F)(F)F)cc3C2)C1. The van der Waals surface area contributed by atoms with E-state index in [1.165, 1.54) is 0 Å². The molecule has 2 saturated carbocycles. The van der Waals surface area contributed by atoms with Gasteiger partial charge in [0.05, 0.1) is 30.2 Å². The molecule has 2 aliphatic heterocycles. The summed E-state index contributed by atoms with van der Waals surface area (Å²) in [5, 5.41) is 3.68. The number of fused-ring (bicyclic) bond motifs is 2. The summed E-state index contributed by atoms with van der Waals surface area (Å²) in [6.45, 7) is 1.71. The molecule has 10 heteroatoms. The Balaban J connectivity index is 1.32. The first-order valence-corrected chi connectivity index (χ1v) is 12.5. The number of amides is 1. The van der Waals surface area contributed by atoms with E-state index in [1.807, 2.05) is 0 Å². The first-order chi connectivity index (χ1) is 16.7. The van der Waals surface area contributed by atoms with Gasteiger partial charge in [0, 0.05) is 58.1 Å². The van der Waals surface area contributed by atoms with Crippen LogP contribution in [0, 0.1) is 11.3 Å². The number of nitrogens with one attached hydrogen (secondary N) is 1. The number of carbonyl (C=O) groups excluding carboxylic acids is 1. The Labute approximate surface area is 203 Å². The molecule has 4 aliphatic rings. The van der Waals surface area contributed by atoms with E-state index in [0.717, 1.165) is 37.9 Å². The van der Waals surface area contributed by atoms with Crippen molar-refractivity contribution >= 4 is 5.91 Å². The van der Waals surface area contributed by atoms with Crippen molar-refractivity contribution in [1.82, 2.24) is 15.2 Å². The zero-order valence-corrected chi connectivity index (χ0v) is 20.3. The van der Waals surface area contributed by atoms with Gasteiger partial charge in [0.25, 0.3) is 0 Å². The number of rotatable bonds is 5. The minimum absolute atomic E-state index is 0.0806. The van der Waals surface area contributed by atoms with Crippen molar-refractivity contribution in [1.29, 1.82) is 0 Å². The van der Waals surface area contributed by atoms with Crippen LogP contribution in [0.5, 0.6) is 0 Å². The van der Waals surface area contributed by atoms with Crippen LogP contribution in [-0.4, -0.2) is 67.6 Å². The number of pyridine rings is 1. The normalized spacial score (nSPS) is 32.4. The quantitative estimate of drug-likeness (QED) is 0.630. The van der Waals surface area contributed by atoms with E-state index < -0.39 is 22.9 Å². The molecule has 0 radical (unpaired) electrons. The van der Waals surface area contributed by atoms with Crippen LogP contribution >= 0.6 is 0 Å². The van der Waals surface area contributed by atoms with Crippen LogP contribution in [0.2, 0.25) is 0 Å². The van der Waals surface area contributed by atoms with E-state index in [4.69, 9.17) is 14.2 Å². The van der Waals surface area contributed by atoms with E-state index in [-0.39, 0.29) is 30.5 Å². The van der Waals surface area contributed by atoms with Crippen molar-refractivity contribution < 1.29 is 32.2 Å². The maximum Gasteiger partial charge on any atom is 0.417 e. The number of nitrogens with zero attached hydrogens (tertiary/aromatic N) is 2. The number of halogens is 3. The van der Waals surface area contributed by atoms with Gasteiger partial charge < -0.3 is 24.4 Å². The molecule has 1 saturated heterocycles. The first-order valence-electron chi connectivity index (χ1n) is 12.5. The fourth-order valence-corrected chi connectivity index (χ4v) is 6.94. The molecular formula is C25H34F3N3O4. The maximum absolute atomic E-state index is 14.0. The van der Waals surface area contributed by atoms with Gasteiger partial charge in [-0.15, -0.1) is 0 Å². The summed E-state index contributed by atoms with van der Waals surface area (Å²) in [6, 6.07) is 1.13. The Bertz CT molecular complexity index is 954. The molecule has 2 aliphatic carbocycles. The minimum atomic E-state index is -4.45. The molecule has 3 fully saturated rings. The molecule has 0 bridgehead atoms. The van der Waals surface area contributed by atoms with Crippen molar-refractivity contribution in [2.45, 2.75) is 75.5 Å². The van der Waals surface area contributed by atoms with E-state index >= 15 is 0 Å². The highest BCUT2D eigenvalue weighted by atomic mass is 19.4. The van der Waals surface area contributed by atoms with Crippen molar-refractivity contribution in [3.63, 3.8) is 0 Å². The molecule has 0 aromatic carbocycles. The van der Waals surface area contributed by atoms with Gasteiger partial charge in [0.2, 0.25) is 5.91 Å². The average molecular weight is 498 g/mol. The van der Waals surface area contributed by atoms with Gasteiger partial charge in [0.1, 0.15) is 0 Å². The monoisotopic (exact) mass is 497 g/mol. The molecule has 5 rings (SSSR count). The van der Waals surface area contributed by atoms with Crippen LogP contribution in [0.1, 0.15) is 55.3 Å². The van der Waals surface area contributed by atoms with Crippen molar-refractivity contribution in [3.05, 3.63) is 29.1 Å². The lowest BCUT2D eigenvalue weighted by atomic mass is 9.78. The molecule has 0 unspecified atom stereocenters. The molecular weight excluding hydrogens is 463 g/mol. The summed E-state index contributed by atoms with van der Waals surface area (Å²) in [4.78, 5) is 19.8. The number of carbonyl (C=O) groups is 1. The van der Waals surface area contributed by atoms with Crippen LogP contribution < -0.4 is 5.32 Å². The summed E-state index contributed by atoms with van der Waals surface area (Å²) >= 11 is 0. The molecule has 194 valence electrons. The topological polar surface area (TPSA) is 72.9 Å². The zero-order valence-electron chi connectivity index (χ0n) is 20.3. The molecule has 1 amide bonds. The fourth-order valence-electron chi connectivity index (χ4n) is 6.94. The fraction of sp³-hybridized carbons (Fsp3) is 0.760. The van der Waals surface area contributed by atoms with Gasteiger partial charge >= 0.3 is 6.18 Å². The van der Waals surface area contributed by atoms with E-state index in [2.05, 4.69) is 10.3 Å². The smallest absolute Gasteiger partial charge is 0.379 e. The summed E-state index contributed by atoms with van der Waals surface area (Å²) in [6.07, 6.45) is 1.95. The predicted molar refractivity (Wildman–Crippen MR) is 120 cm³/mol. The first kappa shape index (κ1) is 24.9. The minimum Gasteiger partial charge on any atom is -0.379 e. The molecule has 1 N–H and O–H groups in total. The van der Waals surface area contributed by atoms with Crippen molar-refractivity contribution in [2.75, 3.05) is 34.0 Å². The van der Waals surface area contributed by atoms with Crippen LogP contribution in [0.15, 0.2) is 12.3 Å². The summed E-state index contributed by atoms with van der Waals surface area (Å²) < 4.78 is 56.9. The Morgan fingerprint density at radius 1 is 1.29 bits per heavy atom. The Morgan fingerprint density at radius 2 is 2.09 bits per heavy atom. The highest BCUT2D eigenvalue weighted by Crippen LogP contribution is 2.55. The van der Waals surface area contributed by atoms with Crippen molar-refractivity contribution in [2.24, 2.45) is 11.3 Å². The Morgan fingerprint density at radius 3 is 2.83 bits per heavy atom. The van der Waals surface area contributed by atoms with Crippen molar-refractivity contribution in [3.8, 4) is 0 Å². The molecule has 35 heavy (non-hydrogen) atoms. The molecule has 1 aromatic rings.